The predicted molar refractivity (Wildman–Crippen MR) is 75.0 cm³/mol. The first-order valence-electron chi connectivity index (χ1n) is 5.99. The summed E-state index contributed by atoms with van der Waals surface area (Å²) in [6, 6.07) is 10.6. The summed E-state index contributed by atoms with van der Waals surface area (Å²) in [6.07, 6.45) is 1.20. The van der Waals surface area contributed by atoms with Crippen LogP contribution < -0.4 is 5.32 Å². The summed E-state index contributed by atoms with van der Waals surface area (Å²) in [5.74, 6) is 1.72. The second-order valence-electron chi connectivity index (χ2n) is 4.61. The Bertz CT molecular complexity index is 656. The van der Waals surface area contributed by atoms with Gasteiger partial charge in [-0.1, -0.05) is 0 Å². The number of nitrogens with one attached hydrogen (secondary N) is 1. The number of hydrogen-bond acceptors (Lipinski definition) is 4. The van der Waals surface area contributed by atoms with Gasteiger partial charge in [0.25, 0.3) is 0 Å². The van der Waals surface area contributed by atoms with E-state index in [4.69, 9.17) is 4.42 Å². The van der Waals surface area contributed by atoms with Gasteiger partial charge in [0.15, 0.2) is 9.84 Å². The van der Waals surface area contributed by atoms with Gasteiger partial charge in [-0.15, -0.1) is 0 Å². The summed E-state index contributed by atoms with van der Waals surface area (Å²) >= 11 is 0. The number of benzene rings is 1. The third-order valence-electron chi connectivity index (χ3n) is 2.85. The van der Waals surface area contributed by atoms with Gasteiger partial charge in [-0.3, -0.25) is 0 Å². The zero-order valence-corrected chi connectivity index (χ0v) is 12.0. The van der Waals surface area contributed by atoms with Crippen molar-refractivity contribution in [2.45, 2.75) is 24.8 Å². The zero-order chi connectivity index (χ0) is 14.0. The lowest BCUT2D eigenvalue weighted by atomic mass is 10.2. The molecule has 0 aliphatic carbocycles. The molecule has 0 amide bonds. The molecule has 0 radical (unpaired) electrons. The van der Waals surface area contributed by atoms with E-state index < -0.39 is 9.84 Å². The van der Waals surface area contributed by atoms with E-state index in [-0.39, 0.29) is 6.04 Å². The Labute approximate surface area is 113 Å². The lowest BCUT2D eigenvalue weighted by Crippen LogP contribution is -2.05. The third kappa shape index (κ3) is 3.38. The van der Waals surface area contributed by atoms with Crippen LogP contribution in [0.5, 0.6) is 0 Å². The van der Waals surface area contributed by atoms with Gasteiger partial charge in [-0.25, -0.2) is 8.42 Å². The van der Waals surface area contributed by atoms with Crippen LogP contribution in [0.2, 0.25) is 0 Å². The molecule has 0 aliphatic rings. The molecular weight excluding hydrogens is 262 g/mol. The van der Waals surface area contributed by atoms with E-state index in [0.29, 0.717) is 4.90 Å². The Balaban J connectivity index is 2.12. The van der Waals surface area contributed by atoms with Crippen molar-refractivity contribution in [3.8, 4) is 0 Å². The van der Waals surface area contributed by atoms with Crippen LogP contribution in [0.3, 0.4) is 0 Å². The van der Waals surface area contributed by atoms with Crippen molar-refractivity contribution in [2.24, 2.45) is 0 Å². The molecule has 0 saturated carbocycles. The molecule has 1 heterocycles. The number of rotatable bonds is 4. The van der Waals surface area contributed by atoms with E-state index in [9.17, 15) is 8.42 Å². The van der Waals surface area contributed by atoms with Crippen molar-refractivity contribution in [2.75, 3.05) is 11.6 Å². The monoisotopic (exact) mass is 279 g/mol. The van der Waals surface area contributed by atoms with Crippen LogP contribution in [-0.2, 0) is 9.84 Å². The average molecular weight is 279 g/mol. The highest BCUT2D eigenvalue weighted by Crippen LogP contribution is 2.22. The van der Waals surface area contributed by atoms with Crippen molar-refractivity contribution in [3.63, 3.8) is 0 Å². The van der Waals surface area contributed by atoms with E-state index in [1.165, 1.54) is 6.26 Å². The molecule has 1 atom stereocenters. The fraction of sp³-hybridized carbons (Fsp3) is 0.286. The first-order valence-corrected chi connectivity index (χ1v) is 7.88. The minimum atomic E-state index is -3.14. The first-order chi connectivity index (χ1) is 8.86. The lowest BCUT2D eigenvalue weighted by Gasteiger charge is -2.13. The second kappa shape index (κ2) is 5.09. The normalized spacial score (nSPS) is 13.2. The lowest BCUT2D eigenvalue weighted by molar-refractivity contribution is 0.467. The van der Waals surface area contributed by atoms with Gasteiger partial charge in [0.05, 0.1) is 10.9 Å². The van der Waals surface area contributed by atoms with Gasteiger partial charge in [-0.05, 0) is 50.2 Å². The molecule has 2 rings (SSSR count). The summed E-state index contributed by atoms with van der Waals surface area (Å²) in [5, 5.41) is 3.26. The smallest absolute Gasteiger partial charge is 0.175 e. The summed E-state index contributed by atoms with van der Waals surface area (Å²) in [7, 11) is -3.14. The number of anilines is 1. The van der Waals surface area contributed by atoms with Crippen molar-refractivity contribution >= 4 is 15.5 Å². The topological polar surface area (TPSA) is 59.3 Å². The minimum absolute atomic E-state index is 0.0257. The van der Waals surface area contributed by atoms with E-state index in [0.717, 1.165) is 17.2 Å². The van der Waals surface area contributed by atoms with Gasteiger partial charge in [0, 0.05) is 11.9 Å². The summed E-state index contributed by atoms with van der Waals surface area (Å²) < 4.78 is 28.2. The van der Waals surface area contributed by atoms with E-state index >= 15 is 0 Å². The molecule has 4 nitrogen and oxygen atoms in total. The molecule has 1 unspecified atom stereocenters. The van der Waals surface area contributed by atoms with Crippen molar-refractivity contribution in [3.05, 3.63) is 47.9 Å². The standard InChI is InChI=1S/C14H17NO3S/c1-10-4-9-14(18-10)11(2)15-12-5-7-13(8-6-12)19(3,16)17/h4-9,11,15H,1-3H3. The molecule has 2 aromatic rings. The fourth-order valence-corrected chi connectivity index (χ4v) is 2.44. The Morgan fingerprint density at radius 1 is 1.11 bits per heavy atom. The molecule has 102 valence electrons. The fourth-order valence-electron chi connectivity index (χ4n) is 1.81. The minimum Gasteiger partial charge on any atom is -0.464 e. The van der Waals surface area contributed by atoms with Gasteiger partial charge >= 0.3 is 0 Å². The van der Waals surface area contributed by atoms with Crippen molar-refractivity contribution < 1.29 is 12.8 Å². The Morgan fingerprint density at radius 3 is 2.21 bits per heavy atom. The molecule has 19 heavy (non-hydrogen) atoms. The van der Waals surface area contributed by atoms with Crippen LogP contribution in [0.4, 0.5) is 5.69 Å². The molecule has 0 fully saturated rings. The molecule has 0 aliphatic heterocycles. The Hall–Kier alpha value is -1.75. The highest BCUT2D eigenvalue weighted by Gasteiger charge is 2.10. The maximum absolute atomic E-state index is 11.4. The van der Waals surface area contributed by atoms with Gasteiger partial charge in [-0.2, -0.15) is 0 Å². The molecule has 1 N–H and O–H groups in total. The van der Waals surface area contributed by atoms with Crippen LogP contribution in [0.1, 0.15) is 24.5 Å². The van der Waals surface area contributed by atoms with E-state index in [1.54, 1.807) is 24.3 Å². The molecule has 0 spiro atoms. The first kappa shape index (κ1) is 13.7. The summed E-state index contributed by atoms with van der Waals surface area (Å²) in [6.45, 7) is 3.89. The van der Waals surface area contributed by atoms with Crippen LogP contribution in [-0.4, -0.2) is 14.7 Å². The van der Waals surface area contributed by atoms with Crippen molar-refractivity contribution in [1.29, 1.82) is 0 Å². The quantitative estimate of drug-likeness (QED) is 0.934. The van der Waals surface area contributed by atoms with Crippen LogP contribution in [0.25, 0.3) is 0 Å². The Morgan fingerprint density at radius 2 is 1.74 bits per heavy atom. The SMILES string of the molecule is Cc1ccc(C(C)Nc2ccc(S(C)(=O)=O)cc2)o1. The number of hydrogen-bond donors (Lipinski definition) is 1. The highest BCUT2D eigenvalue weighted by molar-refractivity contribution is 7.90. The Kier molecular flexibility index (Phi) is 3.66. The number of sulfone groups is 1. The van der Waals surface area contributed by atoms with Crippen molar-refractivity contribution in [1.82, 2.24) is 0 Å². The second-order valence-corrected chi connectivity index (χ2v) is 6.63. The molecule has 0 saturated heterocycles. The van der Waals surface area contributed by atoms with Gasteiger partial charge in [0.2, 0.25) is 0 Å². The van der Waals surface area contributed by atoms with Gasteiger partial charge < -0.3 is 9.73 Å². The molecule has 1 aromatic carbocycles. The molecular formula is C14H17NO3S. The average Bonchev–Trinajstić information content (AvgIpc) is 2.75. The maximum atomic E-state index is 11.4. The van der Waals surface area contributed by atoms with Crippen LogP contribution in [0.15, 0.2) is 45.7 Å². The predicted octanol–water partition coefficient (Wildman–Crippen LogP) is 3.16. The highest BCUT2D eigenvalue weighted by atomic mass is 32.2. The van der Waals surface area contributed by atoms with Crippen LogP contribution >= 0.6 is 0 Å². The third-order valence-corrected chi connectivity index (χ3v) is 3.98. The van der Waals surface area contributed by atoms with Crippen LogP contribution in [0, 0.1) is 6.92 Å². The summed E-state index contributed by atoms with van der Waals surface area (Å²) in [4.78, 5) is 0.319. The number of furan rings is 1. The molecule has 0 bridgehead atoms. The largest absolute Gasteiger partial charge is 0.464 e. The van der Waals surface area contributed by atoms with Gasteiger partial charge in [0.1, 0.15) is 11.5 Å². The van der Waals surface area contributed by atoms with E-state index in [1.807, 2.05) is 26.0 Å². The molecule has 5 heteroatoms. The van der Waals surface area contributed by atoms with E-state index in [2.05, 4.69) is 5.32 Å². The maximum Gasteiger partial charge on any atom is 0.175 e. The number of aryl methyl sites for hydroxylation is 1. The molecule has 1 aromatic heterocycles. The summed E-state index contributed by atoms with van der Waals surface area (Å²) in [5.41, 5.74) is 0.856. The zero-order valence-electron chi connectivity index (χ0n) is 11.2.